The second-order valence-electron chi connectivity index (χ2n) is 0. The molecule has 0 fully saturated rings. The van der Waals surface area contributed by atoms with E-state index in [1.807, 2.05) is 0 Å². The molecular formula is BiGaSnZn. The first-order chi connectivity index (χ1) is 0. The molecule has 0 aliphatic heterocycles. The molecule has 0 saturated heterocycles. The number of rotatable bonds is 0. The van der Waals surface area contributed by atoms with Crippen molar-refractivity contribution in [2.45, 2.75) is 0 Å². The monoisotopic (exact) mass is 462 g/mol. The normalized spacial score (nSPS) is 0. The van der Waals surface area contributed by atoms with Crippen molar-refractivity contribution in [3.05, 3.63) is 0 Å². The van der Waals surface area contributed by atoms with Crippen LogP contribution in [0.2, 0.25) is 0 Å². The summed E-state index contributed by atoms with van der Waals surface area (Å²) in [6.07, 6.45) is 0. The molecule has 0 N–H and O–H groups in total. The van der Waals surface area contributed by atoms with Gasteiger partial charge < -0.3 is 0 Å². The minimum Gasteiger partial charge on any atom is 0 e. The summed E-state index contributed by atoms with van der Waals surface area (Å²) >= 11 is 0. The van der Waals surface area contributed by atoms with E-state index in [0.29, 0.717) is 0 Å². The van der Waals surface area contributed by atoms with Gasteiger partial charge in [0.25, 0.3) is 0 Å². The van der Waals surface area contributed by atoms with E-state index < -0.39 is 0 Å². The Morgan fingerprint density at radius 2 is 1.00 bits per heavy atom. The molecule has 0 nitrogen and oxygen atoms in total. The Hall–Kier alpha value is 2.94. The van der Waals surface area contributed by atoms with Crippen LogP contribution in [0, 0.1) is 0 Å². The summed E-state index contributed by atoms with van der Waals surface area (Å²) < 4.78 is 0. The van der Waals surface area contributed by atoms with Gasteiger partial charge in [-0.1, -0.05) is 0 Å². The second-order valence-corrected chi connectivity index (χ2v) is 0. The summed E-state index contributed by atoms with van der Waals surface area (Å²) in [5.41, 5.74) is 0. The zero-order valence-corrected chi connectivity index (χ0v) is 14.0. The van der Waals surface area contributed by atoms with Crippen molar-refractivity contribution < 1.29 is 19.5 Å². The third-order valence-electron chi connectivity index (χ3n) is 0. The van der Waals surface area contributed by atoms with E-state index in [1.54, 1.807) is 0 Å². The van der Waals surface area contributed by atoms with Crippen molar-refractivity contribution in [3.8, 4) is 0 Å². The van der Waals surface area contributed by atoms with E-state index >= 15 is 0 Å². The van der Waals surface area contributed by atoms with E-state index in [0.717, 1.165) is 0 Å². The number of hydrogen-bond donors (Lipinski definition) is 0. The van der Waals surface area contributed by atoms with E-state index in [4.69, 9.17) is 0 Å². The maximum Gasteiger partial charge on any atom is 0 e. The Labute approximate surface area is 87.8 Å². The predicted molar refractivity (Wildman–Crippen MR) is 17.3 cm³/mol. The maximum atomic E-state index is 0. The first-order valence-electron chi connectivity index (χ1n) is 0. The van der Waals surface area contributed by atoms with Crippen LogP contribution in [0.4, 0.5) is 0 Å². The van der Waals surface area contributed by atoms with Gasteiger partial charge in [-0.3, -0.25) is 0 Å². The first-order valence-corrected chi connectivity index (χ1v) is 0. The van der Waals surface area contributed by atoms with Crippen LogP contribution in [0.25, 0.3) is 0 Å². The summed E-state index contributed by atoms with van der Waals surface area (Å²) in [6.45, 7) is 0. The van der Waals surface area contributed by atoms with Crippen LogP contribution in [-0.2, 0) is 19.5 Å². The minimum absolute atomic E-state index is 0. The Morgan fingerprint density at radius 1 is 1.00 bits per heavy atom. The molecule has 0 aromatic carbocycles. The SMILES string of the molecule is [Bi].[Ga].[Sn].[Zn]. The molecule has 0 bridgehead atoms. The molecule has 4 heavy (non-hydrogen) atoms. The van der Waals surface area contributed by atoms with Gasteiger partial charge in [-0.2, -0.15) is 0 Å². The van der Waals surface area contributed by atoms with Gasteiger partial charge in [0.05, 0.1) is 0 Å². The fraction of sp³-hybridized carbons (Fsp3) is 0. The van der Waals surface area contributed by atoms with Crippen LogP contribution in [0.5, 0.6) is 0 Å². The van der Waals surface area contributed by atoms with Crippen molar-refractivity contribution in [2.75, 3.05) is 0 Å². The van der Waals surface area contributed by atoms with Gasteiger partial charge in [-0.15, -0.1) is 0 Å². The zero-order valence-electron chi connectivity index (χ0n) is 2.23. The Kier molecular flexibility index (Phi) is 119. The third kappa shape index (κ3) is 8.87. The molecule has 4 heteroatoms. The quantitative estimate of drug-likeness (QED) is 0.399. The summed E-state index contributed by atoms with van der Waals surface area (Å²) in [7, 11) is 0. The van der Waals surface area contributed by atoms with E-state index in [9.17, 15) is 0 Å². The van der Waals surface area contributed by atoms with Crippen LogP contribution in [0.15, 0.2) is 0 Å². The van der Waals surface area contributed by atoms with Gasteiger partial charge in [0.1, 0.15) is 0 Å². The number of hydrogen-bond acceptors (Lipinski definition) is 0. The van der Waals surface area contributed by atoms with E-state index in [1.165, 1.54) is 0 Å². The Balaban J connectivity index is 0. The zero-order chi connectivity index (χ0) is 0. The van der Waals surface area contributed by atoms with Crippen LogP contribution < -0.4 is 0 Å². The molecule has 0 aromatic heterocycles. The van der Waals surface area contributed by atoms with Crippen LogP contribution in [-0.4, -0.2) is 69.9 Å². The summed E-state index contributed by atoms with van der Waals surface area (Å²) in [6, 6.07) is 0. The predicted octanol–water partition coefficient (Wildman–Crippen LogP) is -1.14. The van der Waals surface area contributed by atoms with Gasteiger partial charge in [-0.05, 0) is 0 Å². The minimum atomic E-state index is 0. The molecule has 0 heterocycles. The van der Waals surface area contributed by atoms with Crippen molar-refractivity contribution in [3.63, 3.8) is 0 Å². The molecular weight excluding hydrogens is 463 g/mol. The molecule has 0 amide bonds. The van der Waals surface area contributed by atoms with Crippen LogP contribution in [0.1, 0.15) is 0 Å². The van der Waals surface area contributed by atoms with Gasteiger partial charge in [0, 0.05) is 89.4 Å². The average molecular weight is 463 g/mol. The molecule has 0 aliphatic rings. The topological polar surface area (TPSA) is 0 Å². The molecule has 0 rings (SSSR count). The summed E-state index contributed by atoms with van der Waals surface area (Å²) in [5.74, 6) is 0. The Morgan fingerprint density at radius 3 is 1.00 bits per heavy atom. The van der Waals surface area contributed by atoms with E-state index in [2.05, 4.69) is 0 Å². The molecule has 0 saturated carbocycles. The molecule has 0 aromatic rings. The largest absolute Gasteiger partial charge is 0 e. The van der Waals surface area contributed by atoms with Crippen molar-refractivity contribution in [2.24, 2.45) is 0 Å². The van der Waals surface area contributed by atoms with Crippen LogP contribution in [0.3, 0.4) is 0 Å². The van der Waals surface area contributed by atoms with Gasteiger partial charge >= 0.3 is 0 Å². The summed E-state index contributed by atoms with van der Waals surface area (Å²) in [5, 5.41) is 0. The van der Waals surface area contributed by atoms with Crippen molar-refractivity contribution in [1.82, 2.24) is 0 Å². The maximum absolute atomic E-state index is 0. The molecule has 0 spiro atoms. The Bertz CT molecular complexity index is 8.00. The standard InChI is InChI=1S/Bi.Ga.Sn.Zn. The van der Waals surface area contributed by atoms with Crippen molar-refractivity contribution >= 4 is 69.9 Å². The van der Waals surface area contributed by atoms with Gasteiger partial charge in [0.15, 0.2) is 0 Å². The summed E-state index contributed by atoms with van der Waals surface area (Å²) in [4.78, 5) is 0. The molecule has 0 atom stereocenters. The average Bonchev–Trinajstić information content (AvgIpc) is 0. The fourth-order valence-electron chi connectivity index (χ4n) is 0. The molecule has 10 radical (unpaired) electrons. The smallest absolute Gasteiger partial charge is 0 e. The van der Waals surface area contributed by atoms with Gasteiger partial charge in [0.2, 0.25) is 0 Å². The molecule has 0 unspecified atom stereocenters. The van der Waals surface area contributed by atoms with Gasteiger partial charge in [-0.25, -0.2) is 0 Å². The van der Waals surface area contributed by atoms with Crippen molar-refractivity contribution in [1.29, 1.82) is 0 Å². The fourth-order valence-corrected chi connectivity index (χ4v) is 0. The second kappa shape index (κ2) is 16.8. The van der Waals surface area contributed by atoms with E-state index in [-0.39, 0.29) is 89.4 Å². The molecule has 14 valence electrons. The third-order valence-corrected chi connectivity index (χ3v) is 0. The first kappa shape index (κ1) is 28.3. The molecule has 0 aliphatic carbocycles. The van der Waals surface area contributed by atoms with Crippen LogP contribution >= 0.6 is 0 Å².